The Bertz CT molecular complexity index is 711. The summed E-state index contributed by atoms with van der Waals surface area (Å²) in [5.41, 5.74) is 0.0124. The lowest BCUT2D eigenvalue weighted by Crippen LogP contribution is -2.34. The van der Waals surface area contributed by atoms with Crippen LogP contribution in [0.15, 0.2) is 33.8 Å². The zero-order chi connectivity index (χ0) is 17.7. The largest absolute Gasteiger partial charge is 0.463 e. The molecule has 0 unspecified atom stereocenters. The molecule has 0 bridgehead atoms. The van der Waals surface area contributed by atoms with Crippen LogP contribution in [-0.4, -0.2) is 41.6 Å². The van der Waals surface area contributed by atoms with Crippen LogP contribution in [0, 0.1) is 5.82 Å². The summed E-state index contributed by atoms with van der Waals surface area (Å²) in [5, 5.41) is 2.74. The van der Waals surface area contributed by atoms with Gasteiger partial charge < -0.3 is 10.1 Å². The SMILES string of the molecule is CCOC(=O)/C=C1\SCC(=O)N1CC(=O)Nc1ccc(Br)cc1F. The lowest BCUT2D eigenvalue weighted by Gasteiger charge is -2.16. The number of nitrogens with one attached hydrogen (secondary N) is 1. The third-order valence-electron chi connectivity index (χ3n) is 2.95. The second-order valence-electron chi connectivity index (χ2n) is 4.68. The summed E-state index contributed by atoms with van der Waals surface area (Å²) in [6, 6.07) is 4.22. The Balaban J connectivity index is 2.05. The first kappa shape index (κ1) is 18.5. The summed E-state index contributed by atoms with van der Waals surface area (Å²) in [4.78, 5) is 36.6. The summed E-state index contributed by atoms with van der Waals surface area (Å²) in [6.07, 6.45) is 1.17. The van der Waals surface area contributed by atoms with Crippen molar-refractivity contribution in [3.8, 4) is 0 Å². The number of carbonyl (C=O) groups is 3. The summed E-state index contributed by atoms with van der Waals surface area (Å²) in [7, 11) is 0. The topological polar surface area (TPSA) is 75.7 Å². The van der Waals surface area contributed by atoms with Crippen molar-refractivity contribution in [2.75, 3.05) is 24.2 Å². The highest BCUT2D eigenvalue weighted by molar-refractivity contribution is 9.10. The first-order valence-corrected chi connectivity index (χ1v) is 8.75. The maximum Gasteiger partial charge on any atom is 0.333 e. The van der Waals surface area contributed by atoms with Crippen LogP contribution < -0.4 is 5.32 Å². The number of rotatable bonds is 5. The van der Waals surface area contributed by atoms with E-state index in [1.165, 1.54) is 23.1 Å². The molecule has 0 aliphatic carbocycles. The van der Waals surface area contributed by atoms with Crippen LogP contribution in [0.25, 0.3) is 0 Å². The Morgan fingerprint density at radius 1 is 1.50 bits per heavy atom. The monoisotopic (exact) mass is 416 g/mol. The van der Waals surface area contributed by atoms with Gasteiger partial charge in [0.05, 0.1) is 29.2 Å². The minimum Gasteiger partial charge on any atom is -0.463 e. The predicted molar refractivity (Wildman–Crippen MR) is 91.6 cm³/mol. The van der Waals surface area contributed by atoms with E-state index < -0.39 is 17.7 Å². The standard InChI is InChI=1S/C15H14BrFN2O4S/c1-2-23-15(22)6-14-19(13(21)8-24-14)7-12(20)18-11-4-3-9(16)5-10(11)17/h3-6H,2,7-8H2,1H3,(H,18,20)/b14-6-. The third-order valence-corrected chi connectivity index (χ3v) is 4.46. The fourth-order valence-electron chi connectivity index (χ4n) is 1.91. The number of amides is 2. The number of hydrogen-bond acceptors (Lipinski definition) is 5. The number of nitrogens with zero attached hydrogens (tertiary/aromatic N) is 1. The van der Waals surface area contributed by atoms with Gasteiger partial charge in [-0.15, -0.1) is 0 Å². The minimum absolute atomic E-state index is 0.0124. The normalized spacial score (nSPS) is 15.7. The number of hydrogen-bond donors (Lipinski definition) is 1. The van der Waals surface area contributed by atoms with E-state index in [9.17, 15) is 18.8 Å². The molecule has 0 atom stereocenters. The lowest BCUT2D eigenvalue weighted by atomic mass is 10.3. The Labute approximate surface area is 150 Å². The van der Waals surface area contributed by atoms with Gasteiger partial charge in [-0.2, -0.15) is 0 Å². The molecule has 1 aliphatic rings. The molecular formula is C15H14BrFN2O4S. The molecule has 1 aliphatic heterocycles. The van der Waals surface area contributed by atoms with Crippen molar-refractivity contribution in [2.45, 2.75) is 6.92 Å². The fourth-order valence-corrected chi connectivity index (χ4v) is 3.17. The molecule has 0 aromatic heterocycles. The Hall–Kier alpha value is -1.87. The van der Waals surface area contributed by atoms with E-state index in [1.54, 1.807) is 13.0 Å². The number of halogens is 2. The molecule has 1 aromatic rings. The van der Waals surface area contributed by atoms with Gasteiger partial charge in [-0.05, 0) is 25.1 Å². The molecule has 2 amide bonds. The van der Waals surface area contributed by atoms with Crippen molar-refractivity contribution in [3.63, 3.8) is 0 Å². The second kappa shape index (κ2) is 8.29. The van der Waals surface area contributed by atoms with Crippen molar-refractivity contribution in [1.29, 1.82) is 0 Å². The molecule has 1 saturated heterocycles. The van der Waals surface area contributed by atoms with Crippen LogP contribution in [-0.2, 0) is 19.1 Å². The molecule has 128 valence electrons. The Morgan fingerprint density at radius 2 is 2.25 bits per heavy atom. The van der Waals surface area contributed by atoms with Crippen molar-refractivity contribution in [1.82, 2.24) is 4.90 Å². The second-order valence-corrected chi connectivity index (χ2v) is 6.59. The van der Waals surface area contributed by atoms with E-state index in [1.807, 2.05) is 0 Å². The minimum atomic E-state index is -0.595. The highest BCUT2D eigenvalue weighted by Gasteiger charge is 2.29. The van der Waals surface area contributed by atoms with Crippen LogP contribution in [0.4, 0.5) is 10.1 Å². The highest BCUT2D eigenvalue weighted by Crippen LogP contribution is 2.28. The van der Waals surface area contributed by atoms with E-state index in [2.05, 4.69) is 21.2 Å². The van der Waals surface area contributed by atoms with Gasteiger partial charge in [0.1, 0.15) is 12.4 Å². The quantitative estimate of drug-likeness (QED) is 0.589. The summed E-state index contributed by atoms with van der Waals surface area (Å²) >= 11 is 4.27. The van der Waals surface area contributed by atoms with Crippen molar-refractivity contribution < 1.29 is 23.5 Å². The maximum absolute atomic E-state index is 13.7. The van der Waals surface area contributed by atoms with Gasteiger partial charge in [-0.1, -0.05) is 27.7 Å². The predicted octanol–water partition coefficient (Wildman–Crippen LogP) is 2.51. The number of benzene rings is 1. The zero-order valence-electron chi connectivity index (χ0n) is 12.7. The van der Waals surface area contributed by atoms with E-state index in [4.69, 9.17) is 4.74 Å². The number of ether oxygens (including phenoxy) is 1. The van der Waals surface area contributed by atoms with Crippen molar-refractivity contribution in [3.05, 3.63) is 39.6 Å². The third kappa shape index (κ3) is 4.81. The summed E-state index contributed by atoms with van der Waals surface area (Å²) in [6.45, 7) is 1.57. The smallest absolute Gasteiger partial charge is 0.333 e. The molecule has 0 radical (unpaired) electrons. The molecule has 6 nitrogen and oxygen atoms in total. The fraction of sp³-hybridized carbons (Fsp3) is 0.267. The highest BCUT2D eigenvalue weighted by atomic mass is 79.9. The Kier molecular flexibility index (Phi) is 6.38. The van der Waals surface area contributed by atoms with Gasteiger partial charge in [0.2, 0.25) is 11.8 Å². The van der Waals surface area contributed by atoms with E-state index in [0.29, 0.717) is 9.50 Å². The molecule has 24 heavy (non-hydrogen) atoms. The van der Waals surface area contributed by atoms with Gasteiger partial charge in [-0.25, -0.2) is 9.18 Å². The molecule has 0 saturated carbocycles. The van der Waals surface area contributed by atoms with E-state index in [-0.39, 0.29) is 30.5 Å². The van der Waals surface area contributed by atoms with Gasteiger partial charge in [0.15, 0.2) is 0 Å². The molecule has 9 heteroatoms. The molecular weight excluding hydrogens is 403 g/mol. The molecule has 0 spiro atoms. The average molecular weight is 417 g/mol. The number of carbonyl (C=O) groups excluding carboxylic acids is 3. The lowest BCUT2D eigenvalue weighted by molar-refractivity contribution is -0.137. The Morgan fingerprint density at radius 3 is 2.92 bits per heavy atom. The molecule has 1 aromatic carbocycles. The number of esters is 1. The first-order valence-electron chi connectivity index (χ1n) is 6.97. The molecule has 2 rings (SSSR count). The van der Waals surface area contributed by atoms with Crippen LogP contribution >= 0.6 is 27.7 Å². The van der Waals surface area contributed by atoms with Crippen LogP contribution in [0.3, 0.4) is 0 Å². The maximum atomic E-state index is 13.7. The van der Waals surface area contributed by atoms with E-state index in [0.717, 1.165) is 11.8 Å². The molecule has 1 fully saturated rings. The van der Waals surface area contributed by atoms with Crippen LogP contribution in [0.5, 0.6) is 0 Å². The van der Waals surface area contributed by atoms with Crippen molar-refractivity contribution >= 4 is 51.2 Å². The average Bonchev–Trinajstić information content (AvgIpc) is 2.83. The van der Waals surface area contributed by atoms with Gasteiger partial charge in [-0.3, -0.25) is 14.5 Å². The van der Waals surface area contributed by atoms with Crippen molar-refractivity contribution in [2.24, 2.45) is 0 Å². The summed E-state index contributed by atoms with van der Waals surface area (Å²) < 4.78 is 19.1. The number of anilines is 1. The van der Waals surface area contributed by atoms with Gasteiger partial charge >= 0.3 is 5.97 Å². The van der Waals surface area contributed by atoms with E-state index >= 15 is 0 Å². The van der Waals surface area contributed by atoms with Gasteiger partial charge in [0, 0.05) is 4.47 Å². The van der Waals surface area contributed by atoms with Crippen LogP contribution in [0.1, 0.15) is 6.92 Å². The molecule has 1 N–H and O–H groups in total. The summed E-state index contributed by atoms with van der Waals surface area (Å²) in [5.74, 6) is -1.92. The van der Waals surface area contributed by atoms with Gasteiger partial charge in [0.25, 0.3) is 0 Å². The first-order chi connectivity index (χ1) is 11.4. The number of thioether (sulfide) groups is 1. The molecule has 1 heterocycles. The zero-order valence-corrected chi connectivity index (χ0v) is 15.1. The van der Waals surface area contributed by atoms with Crippen LogP contribution in [0.2, 0.25) is 0 Å².